The number of hydrogen-bond acceptors (Lipinski definition) is 3. The fourth-order valence-corrected chi connectivity index (χ4v) is 2.13. The van der Waals surface area contributed by atoms with E-state index in [0.717, 1.165) is 6.07 Å². The Hall–Kier alpha value is -1.43. The van der Waals surface area contributed by atoms with Crippen molar-refractivity contribution in [2.75, 3.05) is 19.7 Å². The molecule has 0 atom stereocenters. The molecule has 1 aromatic carbocycles. The molecule has 0 heterocycles. The van der Waals surface area contributed by atoms with E-state index in [1.165, 1.54) is 17.0 Å². The first-order chi connectivity index (χ1) is 9.49. The van der Waals surface area contributed by atoms with Crippen LogP contribution in [0.4, 0.5) is 4.39 Å². The van der Waals surface area contributed by atoms with Crippen molar-refractivity contribution < 1.29 is 18.7 Å². The van der Waals surface area contributed by atoms with Crippen LogP contribution in [0.3, 0.4) is 0 Å². The molecule has 0 aliphatic rings. The second kappa shape index (κ2) is 7.99. The van der Waals surface area contributed by atoms with Gasteiger partial charge in [-0.1, -0.05) is 6.92 Å². The zero-order valence-corrected chi connectivity index (χ0v) is 13.1. The molecule has 20 heavy (non-hydrogen) atoms. The number of benzene rings is 1. The summed E-state index contributed by atoms with van der Waals surface area (Å²) in [5.74, 6) is -1.36. The minimum absolute atomic E-state index is 0.135. The second-order valence-electron chi connectivity index (χ2n) is 4.16. The third kappa shape index (κ3) is 4.59. The summed E-state index contributed by atoms with van der Waals surface area (Å²) in [6.45, 7) is 4.12. The van der Waals surface area contributed by atoms with Crippen molar-refractivity contribution in [1.82, 2.24) is 4.90 Å². The summed E-state index contributed by atoms with van der Waals surface area (Å²) in [6, 6.07) is 3.88. The van der Waals surface area contributed by atoms with Gasteiger partial charge >= 0.3 is 5.97 Å². The molecule has 0 radical (unpaired) electrons. The van der Waals surface area contributed by atoms with Crippen LogP contribution in [-0.4, -0.2) is 36.5 Å². The number of rotatable bonds is 6. The van der Waals surface area contributed by atoms with Gasteiger partial charge < -0.3 is 9.64 Å². The Morgan fingerprint density at radius 1 is 1.35 bits per heavy atom. The molecule has 0 saturated carbocycles. The number of hydrogen-bond donors (Lipinski definition) is 0. The van der Waals surface area contributed by atoms with Crippen LogP contribution in [-0.2, 0) is 9.53 Å². The minimum atomic E-state index is -0.496. The van der Waals surface area contributed by atoms with Crippen LogP contribution in [0.2, 0.25) is 0 Å². The summed E-state index contributed by atoms with van der Waals surface area (Å²) in [5, 5.41) is 0. The summed E-state index contributed by atoms with van der Waals surface area (Å²) < 4.78 is 18.6. The largest absolute Gasteiger partial charge is 0.465 e. The molecule has 0 saturated heterocycles. The quantitative estimate of drug-likeness (QED) is 0.744. The van der Waals surface area contributed by atoms with E-state index >= 15 is 0 Å². The number of carbonyl (C=O) groups excluding carboxylic acids is 2. The van der Waals surface area contributed by atoms with Crippen LogP contribution < -0.4 is 0 Å². The minimum Gasteiger partial charge on any atom is -0.465 e. The van der Waals surface area contributed by atoms with Gasteiger partial charge in [-0.3, -0.25) is 9.59 Å². The van der Waals surface area contributed by atoms with Gasteiger partial charge in [0.05, 0.1) is 12.2 Å². The van der Waals surface area contributed by atoms with Crippen LogP contribution in [0.1, 0.15) is 30.6 Å². The zero-order valence-electron chi connectivity index (χ0n) is 11.5. The maximum absolute atomic E-state index is 13.3. The molecule has 0 fully saturated rings. The molecule has 1 rings (SSSR count). The fraction of sp³-hybridized carbons (Fsp3) is 0.429. The molecule has 1 amide bonds. The highest BCUT2D eigenvalue weighted by molar-refractivity contribution is 9.10. The third-order valence-electron chi connectivity index (χ3n) is 2.56. The van der Waals surface area contributed by atoms with Crippen LogP contribution in [0.15, 0.2) is 22.7 Å². The normalized spacial score (nSPS) is 10.2. The monoisotopic (exact) mass is 345 g/mol. The Kier molecular flexibility index (Phi) is 6.64. The lowest BCUT2D eigenvalue weighted by Crippen LogP contribution is -2.37. The van der Waals surface area contributed by atoms with Crippen LogP contribution >= 0.6 is 15.9 Å². The van der Waals surface area contributed by atoms with Crippen molar-refractivity contribution >= 4 is 27.8 Å². The molecule has 0 unspecified atom stereocenters. The molecule has 6 heteroatoms. The van der Waals surface area contributed by atoms with E-state index in [2.05, 4.69) is 15.9 Å². The highest BCUT2D eigenvalue weighted by Gasteiger charge is 2.21. The van der Waals surface area contributed by atoms with Gasteiger partial charge in [0.1, 0.15) is 12.4 Å². The Bertz CT molecular complexity index is 493. The van der Waals surface area contributed by atoms with Crippen LogP contribution in [0.25, 0.3) is 0 Å². The molecule has 1 aromatic rings. The van der Waals surface area contributed by atoms with E-state index in [-0.39, 0.29) is 18.7 Å². The lowest BCUT2D eigenvalue weighted by Gasteiger charge is -2.21. The van der Waals surface area contributed by atoms with Crippen molar-refractivity contribution in [2.45, 2.75) is 20.3 Å². The smallest absolute Gasteiger partial charge is 0.325 e. The summed E-state index contributed by atoms with van der Waals surface area (Å²) in [6.07, 6.45) is 0.693. The van der Waals surface area contributed by atoms with Gasteiger partial charge in [0.25, 0.3) is 5.91 Å². The third-order valence-corrected chi connectivity index (χ3v) is 3.26. The number of halogens is 2. The molecular formula is C14H17BrFNO3. The summed E-state index contributed by atoms with van der Waals surface area (Å²) in [5.41, 5.74) is 0.197. The van der Waals surface area contributed by atoms with Gasteiger partial charge in [-0.25, -0.2) is 4.39 Å². The standard InChI is InChI=1S/C14H17BrFNO3/c1-3-7-17(9-13(18)20-4-2)14(19)11-8-10(16)5-6-12(11)15/h5-6,8H,3-4,7,9H2,1-2H3. The average molecular weight is 346 g/mol. The topological polar surface area (TPSA) is 46.6 Å². The number of ether oxygens (including phenoxy) is 1. The SMILES string of the molecule is CCCN(CC(=O)OCC)C(=O)c1cc(F)ccc1Br. The summed E-state index contributed by atoms with van der Waals surface area (Å²) in [7, 11) is 0. The van der Waals surface area contributed by atoms with E-state index in [0.29, 0.717) is 17.4 Å². The number of esters is 1. The van der Waals surface area contributed by atoms with Crippen molar-refractivity contribution in [1.29, 1.82) is 0 Å². The predicted octanol–water partition coefficient (Wildman–Crippen LogP) is 3.00. The van der Waals surface area contributed by atoms with Crippen LogP contribution in [0.5, 0.6) is 0 Å². The molecule has 0 N–H and O–H groups in total. The molecule has 0 bridgehead atoms. The number of carbonyl (C=O) groups is 2. The van der Waals surface area contributed by atoms with Gasteiger partial charge in [0, 0.05) is 11.0 Å². The van der Waals surface area contributed by atoms with Gasteiger partial charge in [0.2, 0.25) is 0 Å². The number of amides is 1. The maximum Gasteiger partial charge on any atom is 0.325 e. The maximum atomic E-state index is 13.3. The Morgan fingerprint density at radius 3 is 2.65 bits per heavy atom. The molecule has 0 aromatic heterocycles. The molecule has 4 nitrogen and oxygen atoms in total. The van der Waals surface area contributed by atoms with E-state index in [9.17, 15) is 14.0 Å². The summed E-state index contributed by atoms with van der Waals surface area (Å²) in [4.78, 5) is 25.2. The lowest BCUT2D eigenvalue weighted by atomic mass is 10.2. The van der Waals surface area contributed by atoms with Crippen molar-refractivity contribution in [3.63, 3.8) is 0 Å². The first kappa shape index (κ1) is 16.6. The molecule has 110 valence electrons. The molecule has 0 spiro atoms. The Morgan fingerprint density at radius 2 is 2.05 bits per heavy atom. The molecular weight excluding hydrogens is 329 g/mol. The van der Waals surface area contributed by atoms with E-state index in [1.807, 2.05) is 6.92 Å². The Balaban J connectivity index is 2.93. The highest BCUT2D eigenvalue weighted by atomic mass is 79.9. The van der Waals surface area contributed by atoms with Crippen molar-refractivity contribution in [3.8, 4) is 0 Å². The van der Waals surface area contributed by atoms with Gasteiger partial charge in [-0.15, -0.1) is 0 Å². The van der Waals surface area contributed by atoms with Crippen LogP contribution in [0, 0.1) is 5.82 Å². The average Bonchev–Trinajstić information content (AvgIpc) is 2.40. The van der Waals surface area contributed by atoms with Gasteiger partial charge in [0.15, 0.2) is 0 Å². The predicted molar refractivity (Wildman–Crippen MR) is 76.9 cm³/mol. The first-order valence-electron chi connectivity index (χ1n) is 6.39. The van der Waals surface area contributed by atoms with Crippen molar-refractivity contribution in [3.05, 3.63) is 34.1 Å². The van der Waals surface area contributed by atoms with Gasteiger partial charge in [-0.05, 0) is 47.5 Å². The van der Waals surface area contributed by atoms with E-state index in [4.69, 9.17) is 4.74 Å². The van der Waals surface area contributed by atoms with Gasteiger partial charge in [-0.2, -0.15) is 0 Å². The number of nitrogens with zero attached hydrogens (tertiary/aromatic N) is 1. The lowest BCUT2D eigenvalue weighted by molar-refractivity contribution is -0.143. The molecule has 0 aliphatic carbocycles. The molecule has 0 aliphatic heterocycles. The van der Waals surface area contributed by atoms with E-state index < -0.39 is 17.7 Å². The Labute approximate surface area is 126 Å². The highest BCUT2D eigenvalue weighted by Crippen LogP contribution is 2.20. The first-order valence-corrected chi connectivity index (χ1v) is 7.18. The second-order valence-corrected chi connectivity index (χ2v) is 5.01. The van der Waals surface area contributed by atoms with E-state index in [1.54, 1.807) is 6.92 Å². The summed E-state index contributed by atoms with van der Waals surface area (Å²) >= 11 is 3.22. The fourth-order valence-electron chi connectivity index (χ4n) is 1.72. The van der Waals surface area contributed by atoms with Crippen molar-refractivity contribution in [2.24, 2.45) is 0 Å². The zero-order chi connectivity index (χ0) is 15.1.